The molecule has 7 heteroatoms. The van der Waals surface area contributed by atoms with Crippen LogP contribution in [0.5, 0.6) is 0 Å². The average molecular weight is 368 g/mol. The van der Waals surface area contributed by atoms with E-state index in [1.54, 1.807) is 0 Å². The van der Waals surface area contributed by atoms with Crippen LogP contribution in [0.2, 0.25) is 5.02 Å². The minimum atomic E-state index is -0.661. The fourth-order valence-electron chi connectivity index (χ4n) is 1.73. The molecule has 3 N–H and O–H groups in total. The number of hydrogen-bond donors (Lipinski definition) is 2. The summed E-state index contributed by atoms with van der Waals surface area (Å²) in [6, 6.07) is 3.43. The molecule has 19 heavy (non-hydrogen) atoms. The number of rotatable bonds is 4. The molecule has 2 nitrogen and oxygen atoms in total. The van der Waals surface area contributed by atoms with Gasteiger partial charge in [0.2, 0.25) is 0 Å². The van der Waals surface area contributed by atoms with Gasteiger partial charge in [-0.15, -0.1) is 11.3 Å². The third kappa shape index (κ3) is 3.52. The predicted molar refractivity (Wildman–Crippen MR) is 77.2 cm³/mol. The molecule has 0 radical (unpaired) electrons. The molecule has 2 aromatic rings. The van der Waals surface area contributed by atoms with Crippen molar-refractivity contribution in [3.05, 3.63) is 55.1 Å². The lowest BCUT2D eigenvalue weighted by Gasteiger charge is -2.16. The summed E-state index contributed by atoms with van der Waals surface area (Å²) in [7, 11) is 0. The summed E-state index contributed by atoms with van der Waals surface area (Å²) >= 11 is 10.4. The zero-order chi connectivity index (χ0) is 14.0. The summed E-state index contributed by atoms with van der Waals surface area (Å²) in [6.07, 6.45) is 0.463. The van der Waals surface area contributed by atoms with Crippen molar-refractivity contribution in [1.29, 1.82) is 0 Å². The smallest absolute Gasteiger partial charge is 0.142 e. The predicted octanol–water partition coefficient (Wildman–Crippen LogP) is 4.19. The van der Waals surface area contributed by atoms with Crippen LogP contribution in [-0.2, 0) is 6.42 Å². The van der Waals surface area contributed by atoms with Gasteiger partial charge in [-0.3, -0.25) is 11.3 Å². The molecule has 0 bridgehead atoms. The minimum Gasteiger partial charge on any atom is -0.271 e. The van der Waals surface area contributed by atoms with Crippen molar-refractivity contribution < 1.29 is 8.78 Å². The van der Waals surface area contributed by atoms with Gasteiger partial charge in [-0.2, -0.15) is 0 Å². The molecule has 2 rings (SSSR count). The Bertz CT molecular complexity index is 591. The first kappa shape index (κ1) is 14.9. The summed E-state index contributed by atoms with van der Waals surface area (Å²) in [5, 5.41) is 1.68. The van der Waals surface area contributed by atoms with Gasteiger partial charge < -0.3 is 0 Å². The molecule has 0 aliphatic carbocycles. The van der Waals surface area contributed by atoms with Crippen LogP contribution < -0.4 is 11.3 Å². The largest absolute Gasteiger partial charge is 0.271 e. The second kappa shape index (κ2) is 6.28. The topological polar surface area (TPSA) is 38.0 Å². The lowest BCUT2D eigenvalue weighted by molar-refractivity contribution is 0.505. The van der Waals surface area contributed by atoms with E-state index in [-0.39, 0.29) is 10.6 Å². The van der Waals surface area contributed by atoms with Crippen LogP contribution >= 0.6 is 38.9 Å². The number of thiophene rings is 1. The Morgan fingerprint density at radius 2 is 2.05 bits per heavy atom. The summed E-state index contributed by atoms with van der Waals surface area (Å²) in [4.78, 5) is 1.00. The van der Waals surface area contributed by atoms with Crippen molar-refractivity contribution in [3.63, 3.8) is 0 Å². The molecule has 0 amide bonds. The quantitative estimate of drug-likeness (QED) is 0.483. The van der Waals surface area contributed by atoms with Gasteiger partial charge in [0.15, 0.2) is 0 Å². The molecule has 0 spiro atoms. The highest BCUT2D eigenvalue weighted by atomic mass is 79.9. The Labute approximate surface area is 126 Å². The Balaban J connectivity index is 2.29. The third-order valence-electron chi connectivity index (χ3n) is 2.64. The van der Waals surface area contributed by atoms with Crippen LogP contribution in [-0.4, -0.2) is 0 Å². The van der Waals surface area contributed by atoms with Gasteiger partial charge in [0, 0.05) is 26.7 Å². The lowest BCUT2D eigenvalue weighted by atomic mass is 10.0. The van der Waals surface area contributed by atoms with Crippen LogP contribution in [0.4, 0.5) is 8.78 Å². The van der Waals surface area contributed by atoms with Crippen LogP contribution in [0, 0.1) is 11.6 Å². The fourth-order valence-corrected chi connectivity index (χ4v) is 3.37. The van der Waals surface area contributed by atoms with E-state index in [1.807, 2.05) is 11.4 Å². The first-order chi connectivity index (χ1) is 9.01. The molecule has 0 fully saturated rings. The van der Waals surface area contributed by atoms with Gasteiger partial charge in [-0.1, -0.05) is 11.6 Å². The zero-order valence-corrected chi connectivity index (χ0v) is 12.7. The van der Waals surface area contributed by atoms with Gasteiger partial charge in [0.1, 0.15) is 11.6 Å². The van der Waals surface area contributed by atoms with E-state index in [0.717, 1.165) is 21.5 Å². The lowest BCUT2D eigenvalue weighted by Crippen LogP contribution is -2.30. The van der Waals surface area contributed by atoms with E-state index < -0.39 is 17.7 Å². The Morgan fingerprint density at radius 3 is 2.63 bits per heavy atom. The third-order valence-corrected chi connectivity index (χ3v) is 4.65. The highest BCUT2D eigenvalue weighted by Gasteiger charge is 2.18. The van der Waals surface area contributed by atoms with Crippen LogP contribution in [0.3, 0.4) is 0 Å². The zero-order valence-electron chi connectivity index (χ0n) is 9.59. The van der Waals surface area contributed by atoms with Gasteiger partial charge in [0.05, 0.1) is 11.1 Å². The van der Waals surface area contributed by atoms with E-state index in [4.69, 9.17) is 17.4 Å². The van der Waals surface area contributed by atoms with E-state index in [0.29, 0.717) is 6.42 Å². The van der Waals surface area contributed by atoms with Crippen molar-refractivity contribution in [2.24, 2.45) is 5.84 Å². The minimum absolute atomic E-state index is 0.161. The van der Waals surface area contributed by atoms with Gasteiger partial charge in [0.25, 0.3) is 0 Å². The number of benzene rings is 1. The highest BCUT2D eigenvalue weighted by molar-refractivity contribution is 9.10. The maximum atomic E-state index is 13.8. The highest BCUT2D eigenvalue weighted by Crippen LogP contribution is 2.28. The van der Waals surface area contributed by atoms with Crippen molar-refractivity contribution in [2.45, 2.75) is 12.5 Å². The molecule has 1 heterocycles. The second-order valence-corrected chi connectivity index (χ2v) is 6.26. The maximum Gasteiger partial charge on any atom is 0.142 e. The van der Waals surface area contributed by atoms with Crippen LogP contribution in [0.1, 0.15) is 16.5 Å². The Morgan fingerprint density at radius 1 is 1.32 bits per heavy atom. The first-order valence-corrected chi connectivity index (χ1v) is 7.39. The van der Waals surface area contributed by atoms with Gasteiger partial charge >= 0.3 is 0 Å². The second-order valence-electron chi connectivity index (χ2n) is 3.94. The summed E-state index contributed by atoms with van der Waals surface area (Å²) in [5.74, 6) is 4.20. The number of halogens is 4. The van der Waals surface area contributed by atoms with Gasteiger partial charge in [-0.25, -0.2) is 8.78 Å². The molecule has 1 aromatic heterocycles. The van der Waals surface area contributed by atoms with Crippen molar-refractivity contribution >= 4 is 38.9 Å². The molecule has 0 aliphatic rings. The number of hydrazine groups is 1. The molecule has 1 atom stereocenters. The molecule has 0 aliphatic heterocycles. The SMILES string of the molecule is NNC(Cc1cc(Br)cs1)c1cc(F)c(Cl)cc1F. The summed E-state index contributed by atoms with van der Waals surface area (Å²) in [6.45, 7) is 0. The van der Waals surface area contributed by atoms with E-state index >= 15 is 0 Å². The van der Waals surface area contributed by atoms with E-state index in [2.05, 4.69) is 21.4 Å². The molecule has 0 saturated carbocycles. The molecule has 0 saturated heterocycles. The number of nitrogens with two attached hydrogens (primary N) is 1. The first-order valence-electron chi connectivity index (χ1n) is 5.34. The van der Waals surface area contributed by atoms with E-state index in [1.165, 1.54) is 11.3 Å². The summed E-state index contributed by atoms with van der Waals surface area (Å²) in [5.41, 5.74) is 2.67. The molecule has 1 unspecified atom stereocenters. The van der Waals surface area contributed by atoms with Crippen molar-refractivity contribution in [1.82, 2.24) is 5.43 Å². The fraction of sp³-hybridized carbons (Fsp3) is 0.167. The summed E-state index contributed by atoms with van der Waals surface area (Å²) < 4.78 is 28.2. The van der Waals surface area contributed by atoms with Crippen molar-refractivity contribution in [3.8, 4) is 0 Å². The monoisotopic (exact) mass is 366 g/mol. The number of hydrogen-bond acceptors (Lipinski definition) is 3. The average Bonchev–Trinajstić information content (AvgIpc) is 2.77. The van der Waals surface area contributed by atoms with Crippen LogP contribution in [0.15, 0.2) is 28.1 Å². The standard InChI is InChI=1S/C12H10BrClF2N2S/c13-6-1-7(19-5-6)2-12(18-17)8-3-11(16)9(14)4-10(8)15/h1,3-5,12,18H,2,17H2. The molecule has 102 valence electrons. The maximum absolute atomic E-state index is 13.8. The van der Waals surface area contributed by atoms with Gasteiger partial charge in [-0.05, 0) is 34.1 Å². The molecule has 1 aromatic carbocycles. The Kier molecular flexibility index (Phi) is 4.92. The molecular weight excluding hydrogens is 358 g/mol. The van der Waals surface area contributed by atoms with Crippen molar-refractivity contribution in [2.75, 3.05) is 0 Å². The normalized spacial score (nSPS) is 12.7. The number of nitrogens with one attached hydrogen (secondary N) is 1. The van der Waals surface area contributed by atoms with Crippen LogP contribution in [0.25, 0.3) is 0 Å². The Hall–Kier alpha value is -0.530. The molecular formula is C12H10BrClF2N2S. The van der Waals surface area contributed by atoms with E-state index in [9.17, 15) is 8.78 Å².